The highest BCUT2D eigenvalue weighted by molar-refractivity contribution is 6.26. The summed E-state index contributed by atoms with van der Waals surface area (Å²) in [6.07, 6.45) is -0.362. The topological polar surface area (TPSA) is 152 Å². The van der Waals surface area contributed by atoms with Crippen LogP contribution >= 0.6 is 0 Å². The monoisotopic (exact) mass is 488 g/mol. The number of phenols is 1. The smallest absolute Gasteiger partial charge is 0.209 e. The molecule has 0 bridgehead atoms. The summed E-state index contributed by atoms with van der Waals surface area (Å²) in [5.74, 6) is -7.54. The Balaban J connectivity index is 1.82. The average Bonchev–Trinajstić information content (AvgIpc) is 2.82. The van der Waals surface area contributed by atoms with Gasteiger partial charge in [-0.1, -0.05) is 48.0 Å². The fourth-order valence-corrected chi connectivity index (χ4v) is 5.64. The maximum absolute atomic E-state index is 13.6. The highest BCUT2D eigenvalue weighted by Crippen LogP contribution is 2.55. The first-order valence-electron chi connectivity index (χ1n) is 11.5. The molecule has 0 saturated carbocycles. The summed E-state index contributed by atoms with van der Waals surface area (Å²) in [6.45, 7) is 2.95. The molecule has 8 nitrogen and oxygen atoms in total. The second-order valence-electron chi connectivity index (χ2n) is 9.55. The van der Waals surface area contributed by atoms with Crippen LogP contribution < -0.4 is 0 Å². The number of fused-ring (bicyclic) bond motifs is 3. The lowest BCUT2D eigenvalue weighted by Crippen LogP contribution is -2.61. The van der Waals surface area contributed by atoms with Crippen LogP contribution in [-0.4, -0.2) is 54.6 Å². The number of carbonyl (C=O) groups is 3. The van der Waals surface area contributed by atoms with Crippen molar-refractivity contribution < 1.29 is 39.9 Å². The number of hydrogen-bond donors (Lipinski definition) is 5. The summed E-state index contributed by atoms with van der Waals surface area (Å²) >= 11 is 0. The predicted molar refractivity (Wildman–Crippen MR) is 129 cm³/mol. The first-order valence-corrected chi connectivity index (χ1v) is 11.5. The van der Waals surface area contributed by atoms with E-state index in [1.54, 1.807) is 18.2 Å². The number of benzene rings is 2. The first kappa shape index (κ1) is 23.7. The maximum atomic E-state index is 13.6. The van der Waals surface area contributed by atoms with E-state index in [4.69, 9.17) is 0 Å². The zero-order valence-electron chi connectivity index (χ0n) is 19.5. The van der Waals surface area contributed by atoms with Crippen molar-refractivity contribution in [1.29, 1.82) is 0 Å². The highest BCUT2D eigenvalue weighted by atomic mass is 16.4. The van der Waals surface area contributed by atoms with Crippen molar-refractivity contribution in [3.63, 3.8) is 0 Å². The molecule has 8 heteroatoms. The predicted octanol–water partition coefficient (Wildman–Crippen LogP) is 2.96. The fraction of sp³-hybridized carbons (Fsp3) is 0.250. The number of rotatable bonds is 2. The Morgan fingerprint density at radius 3 is 2.36 bits per heavy atom. The van der Waals surface area contributed by atoms with Gasteiger partial charge in [0, 0.05) is 18.3 Å². The van der Waals surface area contributed by atoms with E-state index in [2.05, 4.69) is 0 Å². The van der Waals surface area contributed by atoms with Crippen molar-refractivity contribution in [2.45, 2.75) is 32.0 Å². The van der Waals surface area contributed by atoms with E-state index in [0.29, 0.717) is 16.7 Å². The van der Waals surface area contributed by atoms with E-state index >= 15 is 0 Å². The van der Waals surface area contributed by atoms with Gasteiger partial charge in [-0.05, 0) is 36.6 Å². The number of aliphatic hydroxyl groups excluding tert-OH is 3. The Kier molecular flexibility index (Phi) is 5.28. The number of aliphatic hydroxyl groups is 4. The van der Waals surface area contributed by atoms with Crippen LogP contribution in [0.25, 0.3) is 11.6 Å². The van der Waals surface area contributed by atoms with Gasteiger partial charge in [-0.3, -0.25) is 14.4 Å². The molecule has 5 rings (SSSR count). The van der Waals surface area contributed by atoms with Crippen molar-refractivity contribution in [1.82, 2.24) is 0 Å². The van der Waals surface area contributed by atoms with Gasteiger partial charge in [0.1, 0.15) is 22.8 Å². The molecule has 0 aromatic heterocycles. The molecular formula is C28H24O8. The Morgan fingerprint density at radius 1 is 1.06 bits per heavy atom. The minimum absolute atomic E-state index is 0.142. The van der Waals surface area contributed by atoms with Gasteiger partial charge >= 0.3 is 0 Å². The molecule has 3 aliphatic rings. The molecule has 0 aliphatic heterocycles. The number of phenolic OH excluding ortho intramolecular Hbond substituents is 1. The zero-order valence-corrected chi connectivity index (χ0v) is 19.5. The summed E-state index contributed by atoms with van der Waals surface area (Å²) in [7, 11) is 0. The summed E-state index contributed by atoms with van der Waals surface area (Å²) in [6, 6.07) is 11.9. The Bertz CT molecular complexity index is 1440. The summed E-state index contributed by atoms with van der Waals surface area (Å²) in [5.41, 5.74) is -1.63. The molecule has 0 spiro atoms. The lowest BCUT2D eigenvalue weighted by molar-refractivity contribution is -0.152. The van der Waals surface area contributed by atoms with Gasteiger partial charge < -0.3 is 25.5 Å². The molecule has 3 aliphatic carbocycles. The third-order valence-corrected chi connectivity index (χ3v) is 7.40. The average molecular weight is 488 g/mol. The molecule has 5 N–H and O–H groups in total. The van der Waals surface area contributed by atoms with Gasteiger partial charge in [0.2, 0.25) is 5.78 Å². The third-order valence-electron chi connectivity index (χ3n) is 7.40. The summed E-state index contributed by atoms with van der Waals surface area (Å²) in [4.78, 5) is 38.9. The second-order valence-corrected chi connectivity index (χ2v) is 9.55. The first-order chi connectivity index (χ1) is 17.0. The minimum atomic E-state index is -2.80. The summed E-state index contributed by atoms with van der Waals surface area (Å²) < 4.78 is 0. The summed E-state index contributed by atoms with van der Waals surface area (Å²) in [5, 5.41) is 55.3. The molecule has 0 saturated heterocycles. The standard InChI is InChI=1S/C28H24O8/c1-12-6-8-14(9-7-12)10-16-15-4-3-5-18(30)21(15)25(33)23-22(16)24(32)17-11-19(31)20(13(2)29)26(34)28(17,36)27(23)35/h3-10,17,22,24,30-32,35-36H,11H2,1-2H3/b16-10+/t17-,22-,24-,28-/m1/s1. The van der Waals surface area contributed by atoms with Crippen LogP contribution in [-0.2, 0) is 9.59 Å². The van der Waals surface area contributed by atoms with Crippen molar-refractivity contribution in [2.75, 3.05) is 0 Å². The highest BCUT2D eigenvalue weighted by Gasteiger charge is 2.63. The van der Waals surface area contributed by atoms with Gasteiger partial charge in [-0.15, -0.1) is 0 Å². The van der Waals surface area contributed by atoms with Gasteiger partial charge in [0.05, 0.1) is 17.2 Å². The number of allylic oxidation sites excluding steroid dienone is 1. The fourth-order valence-electron chi connectivity index (χ4n) is 5.64. The number of hydrogen-bond acceptors (Lipinski definition) is 8. The van der Waals surface area contributed by atoms with Crippen LogP contribution in [0.4, 0.5) is 0 Å². The molecule has 2 aromatic carbocycles. The van der Waals surface area contributed by atoms with Gasteiger partial charge in [0.15, 0.2) is 17.2 Å². The van der Waals surface area contributed by atoms with Crippen LogP contribution in [0, 0.1) is 18.8 Å². The minimum Gasteiger partial charge on any atom is -0.511 e. The molecule has 0 heterocycles. The number of aromatic hydroxyl groups is 1. The van der Waals surface area contributed by atoms with Gasteiger partial charge in [-0.25, -0.2) is 0 Å². The van der Waals surface area contributed by atoms with E-state index in [0.717, 1.165) is 12.5 Å². The maximum Gasteiger partial charge on any atom is 0.209 e. The van der Waals surface area contributed by atoms with E-state index in [-0.39, 0.29) is 11.3 Å². The third kappa shape index (κ3) is 3.11. The molecule has 0 radical (unpaired) electrons. The molecule has 0 amide bonds. The van der Waals surface area contributed by atoms with Crippen LogP contribution in [0.5, 0.6) is 5.75 Å². The molecule has 0 unspecified atom stereocenters. The van der Waals surface area contributed by atoms with Gasteiger partial charge in [-0.2, -0.15) is 0 Å². The second kappa shape index (κ2) is 8.01. The quantitative estimate of drug-likeness (QED) is 0.405. The molecule has 184 valence electrons. The SMILES string of the molecule is CC(=O)C1=C(O)C[C@@H]2[C@@H](O)[C@H]3C(=C(O)[C@]2(O)C1=O)C(=O)c1c(O)cccc1/C3=C\c1ccc(C)cc1. The number of carbonyl (C=O) groups excluding carboxylic acids is 3. The molecule has 4 atom stereocenters. The van der Waals surface area contributed by atoms with E-state index in [1.165, 1.54) is 6.07 Å². The number of ketones is 3. The molecule has 2 aromatic rings. The number of aryl methyl sites for hydroxylation is 1. The molecule has 36 heavy (non-hydrogen) atoms. The molecule has 0 fully saturated rings. The lowest BCUT2D eigenvalue weighted by Gasteiger charge is -2.49. The van der Waals surface area contributed by atoms with Crippen molar-refractivity contribution in [3.05, 3.63) is 87.4 Å². The van der Waals surface area contributed by atoms with Crippen molar-refractivity contribution >= 4 is 29.0 Å². The van der Waals surface area contributed by atoms with Crippen molar-refractivity contribution in [2.24, 2.45) is 11.8 Å². The Labute approximate surface area is 206 Å². The van der Waals surface area contributed by atoms with Crippen molar-refractivity contribution in [3.8, 4) is 5.75 Å². The lowest BCUT2D eigenvalue weighted by atomic mass is 9.57. The Morgan fingerprint density at radius 2 is 1.72 bits per heavy atom. The number of Topliss-reactive ketones (excluding diaryl/α,β-unsaturated/α-hetero) is 3. The van der Waals surface area contributed by atoms with Crippen LogP contribution in [0.15, 0.2) is 65.1 Å². The largest absolute Gasteiger partial charge is 0.511 e. The van der Waals surface area contributed by atoms with Gasteiger partial charge in [0.25, 0.3) is 0 Å². The van der Waals surface area contributed by atoms with Crippen LogP contribution in [0.3, 0.4) is 0 Å². The van der Waals surface area contributed by atoms with Crippen LogP contribution in [0.1, 0.15) is 40.4 Å². The van der Waals surface area contributed by atoms with E-state index in [1.807, 2.05) is 31.2 Å². The van der Waals surface area contributed by atoms with E-state index < -0.39 is 70.0 Å². The van der Waals surface area contributed by atoms with Crippen LogP contribution in [0.2, 0.25) is 0 Å². The Hall–Kier alpha value is -4.01. The zero-order chi connectivity index (χ0) is 26.1. The molecular weight excluding hydrogens is 464 g/mol. The van der Waals surface area contributed by atoms with E-state index in [9.17, 15) is 39.9 Å². The normalized spacial score (nSPS) is 28.7.